The summed E-state index contributed by atoms with van der Waals surface area (Å²) in [6.45, 7) is 1.99. The van der Waals surface area contributed by atoms with Crippen LogP contribution < -0.4 is 11.3 Å². The summed E-state index contributed by atoms with van der Waals surface area (Å²) in [4.78, 5) is 0. The summed E-state index contributed by atoms with van der Waals surface area (Å²) in [6, 6.07) is 8.45. The Morgan fingerprint density at radius 1 is 1.42 bits per heavy atom. The Hall–Kier alpha value is -0.440. The lowest BCUT2D eigenvalue weighted by Gasteiger charge is -2.17. The van der Waals surface area contributed by atoms with Crippen LogP contribution in [-0.2, 0) is 13.5 Å². The van der Waals surface area contributed by atoms with Gasteiger partial charge in [0.2, 0.25) is 0 Å². The lowest BCUT2D eigenvalue weighted by molar-refractivity contribution is 0.529. The number of aryl methyl sites for hydroxylation is 2. The zero-order chi connectivity index (χ0) is 14.0. The van der Waals surface area contributed by atoms with Crippen LogP contribution in [0, 0.1) is 10.5 Å². The van der Waals surface area contributed by atoms with Crippen molar-refractivity contribution in [1.82, 2.24) is 15.2 Å². The summed E-state index contributed by atoms with van der Waals surface area (Å²) in [5.41, 5.74) is 6.19. The molecule has 0 saturated heterocycles. The quantitative estimate of drug-likeness (QED) is 0.442. The van der Waals surface area contributed by atoms with Crippen molar-refractivity contribution in [3.05, 3.63) is 49.3 Å². The van der Waals surface area contributed by atoms with E-state index in [2.05, 4.69) is 73.3 Å². The molecule has 0 amide bonds. The van der Waals surface area contributed by atoms with Crippen molar-refractivity contribution in [2.45, 2.75) is 19.4 Å². The van der Waals surface area contributed by atoms with Crippen molar-refractivity contribution in [2.24, 2.45) is 12.9 Å². The summed E-state index contributed by atoms with van der Waals surface area (Å²) in [7, 11) is 1.95. The number of halogens is 2. The van der Waals surface area contributed by atoms with E-state index in [1.807, 2.05) is 18.7 Å². The number of nitrogens with two attached hydrogens (primary N) is 1. The molecule has 102 valence electrons. The monoisotopic (exact) mass is 434 g/mol. The molecule has 1 heterocycles. The van der Waals surface area contributed by atoms with Crippen LogP contribution in [-0.4, -0.2) is 9.78 Å². The van der Waals surface area contributed by atoms with Gasteiger partial charge in [-0.1, -0.05) is 12.1 Å². The fourth-order valence-electron chi connectivity index (χ4n) is 2.06. The number of nitrogens with one attached hydrogen (secondary N) is 1. The van der Waals surface area contributed by atoms with Gasteiger partial charge in [-0.05, 0) is 63.1 Å². The first-order valence-corrected chi connectivity index (χ1v) is 7.79. The molecule has 3 N–H and O–H groups in total. The molecule has 1 unspecified atom stereocenters. The molecule has 1 aromatic carbocycles. The van der Waals surface area contributed by atoms with Crippen molar-refractivity contribution in [3.63, 3.8) is 0 Å². The van der Waals surface area contributed by atoms with Gasteiger partial charge in [-0.25, -0.2) is 0 Å². The Bertz CT molecular complexity index is 565. The summed E-state index contributed by atoms with van der Waals surface area (Å²) in [6.07, 6.45) is 0.787. The van der Waals surface area contributed by atoms with Gasteiger partial charge in [0.15, 0.2) is 0 Å². The fraction of sp³-hybridized carbons (Fsp3) is 0.308. The van der Waals surface area contributed by atoms with Crippen LogP contribution in [0.25, 0.3) is 0 Å². The predicted octanol–water partition coefficient (Wildman–Crippen LogP) is 2.84. The minimum Gasteiger partial charge on any atom is -0.271 e. The van der Waals surface area contributed by atoms with Crippen LogP contribution in [0.5, 0.6) is 0 Å². The van der Waals surface area contributed by atoms with Crippen LogP contribution >= 0.6 is 38.5 Å². The Morgan fingerprint density at radius 3 is 2.53 bits per heavy atom. The molecule has 4 nitrogen and oxygen atoms in total. The van der Waals surface area contributed by atoms with Crippen LogP contribution in [0.3, 0.4) is 0 Å². The SMILES string of the molecule is Cc1nn(C)c(CC(NN)c2ccc(I)cc2)c1Br. The maximum Gasteiger partial charge on any atom is 0.0738 e. The number of rotatable bonds is 4. The second kappa shape index (κ2) is 6.34. The first-order chi connectivity index (χ1) is 9.02. The molecule has 19 heavy (non-hydrogen) atoms. The van der Waals surface area contributed by atoms with Gasteiger partial charge in [0.1, 0.15) is 0 Å². The Balaban J connectivity index is 2.26. The number of hydrogen-bond donors (Lipinski definition) is 2. The van der Waals surface area contributed by atoms with Gasteiger partial charge < -0.3 is 0 Å². The third-order valence-corrected chi connectivity index (χ3v) is 4.88. The van der Waals surface area contributed by atoms with Crippen molar-refractivity contribution >= 4 is 38.5 Å². The van der Waals surface area contributed by atoms with E-state index in [9.17, 15) is 0 Å². The second-order valence-electron chi connectivity index (χ2n) is 4.44. The molecule has 0 aliphatic rings. The average Bonchev–Trinajstić information content (AvgIpc) is 2.63. The highest BCUT2D eigenvalue weighted by atomic mass is 127. The second-order valence-corrected chi connectivity index (χ2v) is 6.48. The third kappa shape index (κ3) is 3.36. The zero-order valence-electron chi connectivity index (χ0n) is 10.8. The zero-order valence-corrected chi connectivity index (χ0v) is 14.6. The van der Waals surface area contributed by atoms with Gasteiger partial charge >= 0.3 is 0 Å². The van der Waals surface area contributed by atoms with Crippen molar-refractivity contribution in [3.8, 4) is 0 Å². The number of benzene rings is 1. The van der Waals surface area contributed by atoms with E-state index in [1.54, 1.807) is 0 Å². The largest absolute Gasteiger partial charge is 0.271 e. The smallest absolute Gasteiger partial charge is 0.0738 e. The minimum absolute atomic E-state index is 0.0723. The molecule has 0 radical (unpaired) electrons. The van der Waals surface area contributed by atoms with Gasteiger partial charge in [0.05, 0.1) is 21.9 Å². The van der Waals surface area contributed by atoms with Crippen LogP contribution in [0.2, 0.25) is 0 Å². The molecule has 1 aromatic heterocycles. The molecule has 6 heteroatoms. The minimum atomic E-state index is 0.0723. The molecule has 0 aliphatic carbocycles. The lowest BCUT2D eigenvalue weighted by Crippen LogP contribution is -2.30. The summed E-state index contributed by atoms with van der Waals surface area (Å²) < 4.78 is 4.17. The van der Waals surface area contributed by atoms with E-state index < -0.39 is 0 Å². The van der Waals surface area contributed by atoms with E-state index in [-0.39, 0.29) is 6.04 Å². The standard InChI is InChI=1S/C13H16BrIN4/c1-8-13(14)12(19(2)18-8)7-11(17-16)9-3-5-10(15)6-4-9/h3-6,11,17H,7,16H2,1-2H3. The van der Waals surface area contributed by atoms with E-state index in [1.165, 1.54) is 9.13 Å². The fourth-order valence-corrected chi connectivity index (χ4v) is 2.92. The molecular weight excluding hydrogens is 419 g/mol. The Morgan fingerprint density at radius 2 is 2.05 bits per heavy atom. The van der Waals surface area contributed by atoms with Gasteiger partial charge in [0, 0.05) is 17.0 Å². The topological polar surface area (TPSA) is 55.9 Å². The van der Waals surface area contributed by atoms with Crippen molar-refractivity contribution < 1.29 is 0 Å². The van der Waals surface area contributed by atoms with Crippen molar-refractivity contribution in [2.75, 3.05) is 0 Å². The first-order valence-electron chi connectivity index (χ1n) is 5.92. The highest BCUT2D eigenvalue weighted by molar-refractivity contribution is 14.1. The van der Waals surface area contributed by atoms with Gasteiger partial charge in [0.25, 0.3) is 0 Å². The molecule has 0 aliphatic heterocycles. The average molecular weight is 435 g/mol. The van der Waals surface area contributed by atoms with Crippen molar-refractivity contribution in [1.29, 1.82) is 0 Å². The molecular formula is C13H16BrIN4. The maximum atomic E-state index is 5.70. The normalized spacial score (nSPS) is 12.7. The van der Waals surface area contributed by atoms with E-state index in [4.69, 9.17) is 5.84 Å². The first kappa shape index (κ1) is 15.0. The van der Waals surface area contributed by atoms with Gasteiger partial charge in [-0.15, -0.1) is 0 Å². The highest BCUT2D eigenvalue weighted by Crippen LogP contribution is 2.26. The molecule has 0 fully saturated rings. The summed E-state index contributed by atoms with van der Waals surface area (Å²) >= 11 is 5.89. The molecule has 0 bridgehead atoms. The van der Waals surface area contributed by atoms with Gasteiger partial charge in [-0.3, -0.25) is 16.0 Å². The highest BCUT2D eigenvalue weighted by Gasteiger charge is 2.17. The lowest BCUT2D eigenvalue weighted by atomic mass is 10.0. The number of aromatic nitrogens is 2. The molecule has 2 rings (SSSR count). The number of hydrazine groups is 1. The predicted molar refractivity (Wildman–Crippen MR) is 88.6 cm³/mol. The Labute approximate surface area is 135 Å². The maximum absolute atomic E-state index is 5.70. The summed E-state index contributed by atoms with van der Waals surface area (Å²) in [5, 5.41) is 4.41. The number of nitrogens with zero attached hydrogens (tertiary/aromatic N) is 2. The van der Waals surface area contributed by atoms with Crippen LogP contribution in [0.1, 0.15) is 23.0 Å². The van der Waals surface area contributed by atoms with E-state index in [0.29, 0.717) is 0 Å². The molecule has 0 spiro atoms. The van der Waals surface area contributed by atoms with E-state index in [0.717, 1.165) is 22.3 Å². The van der Waals surface area contributed by atoms with E-state index >= 15 is 0 Å². The molecule has 0 saturated carbocycles. The third-order valence-electron chi connectivity index (χ3n) is 3.13. The Kier molecular flexibility index (Phi) is 4.99. The summed E-state index contributed by atoms with van der Waals surface area (Å²) in [5.74, 6) is 5.70. The van der Waals surface area contributed by atoms with Crippen LogP contribution in [0.15, 0.2) is 28.7 Å². The van der Waals surface area contributed by atoms with Crippen LogP contribution in [0.4, 0.5) is 0 Å². The van der Waals surface area contributed by atoms with Gasteiger partial charge in [-0.2, -0.15) is 5.10 Å². The molecule has 2 aromatic rings. The molecule has 1 atom stereocenters. The number of hydrogen-bond acceptors (Lipinski definition) is 3.